The van der Waals surface area contributed by atoms with Crippen molar-refractivity contribution in [1.82, 2.24) is 9.21 Å². The number of hydrogen-bond donors (Lipinski definition) is 0. The van der Waals surface area contributed by atoms with Crippen LogP contribution in [0.1, 0.15) is 41.5 Å². The summed E-state index contributed by atoms with van der Waals surface area (Å²) >= 11 is 0. The summed E-state index contributed by atoms with van der Waals surface area (Å²) in [7, 11) is -3.71. The van der Waals surface area contributed by atoms with E-state index in [1.54, 1.807) is 12.1 Å². The molecule has 0 N–H and O–H groups in total. The van der Waals surface area contributed by atoms with Gasteiger partial charge in [0.2, 0.25) is 15.9 Å². The average molecular weight is 546 g/mol. The van der Waals surface area contributed by atoms with Gasteiger partial charge in [-0.2, -0.15) is 4.31 Å². The fourth-order valence-corrected chi connectivity index (χ4v) is 7.49. The maximum Gasteiger partial charge on any atom is 0.243 e. The summed E-state index contributed by atoms with van der Waals surface area (Å²) in [6.45, 7) is 9.71. The predicted octanol–water partition coefficient (Wildman–Crippen LogP) is 5.01. The van der Waals surface area contributed by atoms with Gasteiger partial charge in [0, 0.05) is 50.9 Å². The normalized spacial score (nSPS) is 20.4. The van der Waals surface area contributed by atoms with Gasteiger partial charge in [0.05, 0.1) is 10.8 Å². The number of hydrogen-bond acceptors (Lipinski definition) is 4. The molecule has 5 rings (SSSR count). The maximum atomic E-state index is 14.0. The molecule has 2 heterocycles. The third-order valence-corrected chi connectivity index (χ3v) is 10.3. The molecule has 3 aromatic rings. The van der Waals surface area contributed by atoms with E-state index in [9.17, 15) is 13.2 Å². The van der Waals surface area contributed by atoms with Gasteiger partial charge in [0.25, 0.3) is 0 Å². The fourth-order valence-electron chi connectivity index (χ4n) is 6.00. The Morgan fingerprint density at radius 3 is 2.21 bits per heavy atom. The van der Waals surface area contributed by atoms with E-state index >= 15 is 0 Å². The molecule has 206 valence electrons. The molecule has 1 amide bonds. The summed E-state index contributed by atoms with van der Waals surface area (Å²) in [5.41, 5.74) is 5.92. The van der Waals surface area contributed by atoms with Crippen LogP contribution in [-0.2, 0) is 21.2 Å². The van der Waals surface area contributed by atoms with Gasteiger partial charge >= 0.3 is 0 Å². The predicted molar refractivity (Wildman–Crippen MR) is 157 cm³/mol. The van der Waals surface area contributed by atoms with Crippen molar-refractivity contribution in [3.8, 4) is 0 Å². The van der Waals surface area contributed by atoms with Gasteiger partial charge in [0.1, 0.15) is 0 Å². The molecule has 0 bridgehead atoms. The standard InChI is InChI=1S/C32H39N3O3S/c1-4-9-26-14-16-28(17-15-26)39(37,38)35-22-29(27-11-6-5-7-12-27)30(23-35)32(36)34-20-18-33(19-21-34)31-13-8-10-24(2)25(31)3/h5-8,10-17,29-30H,4,9,18-23H2,1-3H3/t29-,30+/m0/s1. The van der Waals surface area contributed by atoms with Crippen LogP contribution >= 0.6 is 0 Å². The van der Waals surface area contributed by atoms with Crippen LogP contribution in [0.3, 0.4) is 0 Å². The Kier molecular flexibility index (Phi) is 8.10. The number of sulfonamides is 1. The Morgan fingerprint density at radius 1 is 0.846 bits per heavy atom. The third kappa shape index (κ3) is 5.61. The number of benzene rings is 3. The summed E-state index contributed by atoms with van der Waals surface area (Å²) in [6.07, 6.45) is 1.94. The molecular weight excluding hydrogens is 506 g/mol. The monoisotopic (exact) mass is 545 g/mol. The highest BCUT2D eigenvalue weighted by Crippen LogP contribution is 2.37. The molecule has 0 radical (unpaired) electrons. The van der Waals surface area contributed by atoms with Gasteiger partial charge in [-0.1, -0.05) is 67.9 Å². The van der Waals surface area contributed by atoms with Gasteiger partial charge in [-0.15, -0.1) is 0 Å². The van der Waals surface area contributed by atoms with Crippen molar-refractivity contribution in [2.75, 3.05) is 44.2 Å². The Balaban J connectivity index is 1.34. The van der Waals surface area contributed by atoms with Crippen LogP contribution in [0, 0.1) is 19.8 Å². The SMILES string of the molecule is CCCc1ccc(S(=O)(=O)N2C[C@@H](C(=O)N3CCN(c4cccc(C)c4C)CC3)[C@H](c3ccccc3)C2)cc1. The number of anilines is 1. The van der Waals surface area contributed by atoms with Crippen molar-refractivity contribution in [1.29, 1.82) is 0 Å². The molecule has 0 aromatic heterocycles. The van der Waals surface area contributed by atoms with Crippen molar-refractivity contribution < 1.29 is 13.2 Å². The Labute approximate surface area is 233 Å². The molecule has 2 aliphatic heterocycles. The largest absolute Gasteiger partial charge is 0.368 e. The van der Waals surface area contributed by atoms with Crippen molar-refractivity contribution in [3.05, 3.63) is 95.1 Å². The lowest BCUT2D eigenvalue weighted by molar-refractivity contribution is -0.135. The molecule has 7 heteroatoms. The molecule has 0 saturated carbocycles. The minimum Gasteiger partial charge on any atom is -0.368 e. The van der Waals surface area contributed by atoms with Crippen LogP contribution in [0.15, 0.2) is 77.7 Å². The highest BCUT2D eigenvalue weighted by Gasteiger charge is 2.45. The van der Waals surface area contributed by atoms with Gasteiger partial charge in [-0.25, -0.2) is 8.42 Å². The molecule has 39 heavy (non-hydrogen) atoms. The molecule has 3 aromatic carbocycles. The summed E-state index contributed by atoms with van der Waals surface area (Å²) < 4.78 is 28.9. The topological polar surface area (TPSA) is 60.9 Å². The second-order valence-electron chi connectivity index (χ2n) is 10.9. The fraction of sp³-hybridized carbons (Fsp3) is 0.406. The van der Waals surface area contributed by atoms with Crippen LogP contribution in [0.5, 0.6) is 0 Å². The van der Waals surface area contributed by atoms with E-state index in [0.717, 1.165) is 37.1 Å². The third-order valence-electron chi connectivity index (χ3n) is 8.44. The van der Waals surface area contributed by atoms with Crippen molar-refractivity contribution >= 4 is 21.6 Å². The van der Waals surface area contributed by atoms with E-state index in [0.29, 0.717) is 24.5 Å². The molecule has 2 fully saturated rings. The molecule has 2 aliphatic rings. The summed E-state index contributed by atoms with van der Waals surface area (Å²) in [6, 6.07) is 23.5. The first-order chi connectivity index (χ1) is 18.8. The van der Waals surface area contributed by atoms with Crippen LogP contribution in [0.4, 0.5) is 5.69 Å². The Bertz CT molecular complexity index is 1400. The quantitative estimate of drug-likeness (QED) is 0.419. The van der Waals surface area contributed by atoms with Gasteiger partial charge in [-0.3, -0.25) is 4.79 Å². The second kappa shape index (κ2) is 11.5. The van der Waals surface area contributed by atoms with Gasteiger partial charge in [0.15, 0.2) is 0 Å². The number of piperazine rings is 1. The number of carbonyl (C=O) groups excluding carboxylic acids is 1. The number of carbonyl (C=O) groups is 1. The van der Waals surface area contributed by atoms with Crippen molar-refractivity contribution in [3.63, 3.8) is 0 Å². The molecule has 2 saturated heterocycles. The number of rotatable bonds is 7. The Morgan fingerprint density at radius 2 is 1.54 bits per heavy atom. The first-order valence-electron chi connectivity index (χ1n) is 14.0. The van der Waals surface area contributed by atoms with Crippen LogP contribution in [0.2, 0.25) is 0 Å². The van der Waals surface area contributed by atoms with Gasteiger partial charge in [-0.05, 0) is 60.7 Å². The van der Waals surface area contributed by atoms with Crippen molar-refractivity contribution in [2.24, 2.45) is 5.92 Å². The van der Waals surface area contributed by atoms with Crippen molar-refractivity contribution in [2.45, 2.75) is 44.4 Å². The summed E-state index contributed by atoms with van der Waals surface area (Å²) in [5, 5.41) is 0. The van der Waals surface area contributed by atoms with E-state index in [-0.39, 0.29) is 18.4 Å². The number of aryl methyl sites for hydroxylation is 2. The number of nitrogens with zero attached hydrogens (tertiary/aromatic N) is 3. The summed E-state index contributed by atoms with van der Waals surface area (Å²) in [4.78, 5) is 18.6. The summed E-state index contributed by atoms with van der Waals surface area (Å²) in [5.74, 6) is -0.529. The first kappa shape index (κ1) is 27.4. The lowest BCUT2D eigenvalue weighted by Gasteiger charge is -2.38. The van der Waals surface area contributed by atoms with E-state index in [1.807, 2.05) is 47.4 Å². The minimum atomic E-state index is -3.71. The molecule has 0 aliphatic carbocycles. The van der Waals surface area contributed by atoms with Gasteiger partial charge < -0.3 is 9.80 Å². The van der Waals surface area contributed by atoms with Crippen LogP contribution in [0.25, 0.3) is 0 Å². The minimum absolute atomic E-state index is 0.0560. The first-order valence-corrected chi connectivity index (χ1v) is 15.5. The number of amides is 1. The lowest BCUT2D eigenvalue weighted by Crippen LogP contribution is -2.51. The average Bonchev–Trinajstić information content (AvgIpc) is 3.42. The molecule has 0 spiro atoms. The van der Waals surface area contributed by atoms with E-state index in [4.69, 9.17) is 0 Å². The zero-order valence-electron chi connectivity index (χ0n) is 23.2. The molecule has 6 nitrogen and oxygen atoms in total. The maximum absolute atomic E-state index is 14.0. The van der Waals surface area contributed by atoms with E-state index in [1.165, 1.54) is 21.1 Å². The molecular formula is C32H39N3O3S. The highest BCUT2D eigenvalue weighted by molar-refractivity contribution is 7.89. The van der Waals surface area contributed by atoms with E-state index < -0.39 is 15.9 Å². The smallest absolute Gasteiger partial charge is 0.243 e. The Hall–Kier alpha value is -3.16. The van der Waals surface area contributed by atoms with E-state index in [2.05, 4.69) is 43.9 Å². The zero-order valence-corrected chi connectivity index (χ0v) is 24.0. The molecule has 0 unspecified atom stereocenters. The van der Waals surface area contributed by atoms with Crippen LogP contribution < -0.4 is 4.90 Å². The van der Waals surface area contributed by atoms with Crippen LogP contribution in [-0.4, -0.2) is 62.8 Å². The zero-order chi connectivity index (χ0) is 27.6. The molecule has 2 atom stereocenters. The highest BCUT2D eigenvalue weighted by atomic mass is 32.2. The lowest BCUT2D eigenvalue weighted by atomic mass is 9.88. The second-order valence-corrected chi connectivity index (χ2v) is 12.8.